The summed E-state index contributed by atoms with van der Waals surface area (Å²) >= 11 is 0. The van der Waals surface area contributed by atoms with Gasteiger partial charge in [-0.3, -0.25) is 0 Å². The third-order valence-corrected chi connectivity index (χ3v) is 5.48. The molecule has 0 aromatic heterocycles. The highest BCUT2D eigenvalue weighted by molar-refractivity contribution is 7.89. The van der Waals surface area contributed by atoms with Crippen molar-refractivity contribution in [3.8, 4) is 0 Å². The zero-order valence-corrected chi connectivity index (χ0v) is 11.3. The monoisotopic (exact) mass is 268 g/mol. The molecule has 16 heavy (non-hydrogen) atoms. The van der Waals surface area contributed by atoms with Gasteiger partial charge in [0.05, 0.1) is 5.75 Å². The second-order valence-electron chi connectivity index (χ2n) is 4.99. The van der Waals surface area contributed by atoms with E-state index < -0.39 is 10.0 Å². The van der Waals surface area contributed by atoms with E-state index in [0.29, 0.717) is 30.7 Å². The SMILES string of the molecule is CC(N)C1CCN(S(=O)(=O)CC2CC2)C1.Cl. The number of nitrogens with zero attached hydrogens (tertiary/aromatic N) is 1. The number of halogens is 1. The Bertz CT molecular complexity index is 328. The molecule has 4 nitrogen and oxygen atoms in total. The summed E-state index contributed by atoms with van der Waals surface area (Å²) in [6.07, 6.45) is 3.09. The van der Waals surface area contributed by atoms with E-state index >= 15 is 0 Å². The lowest BCUT2D eigenvalue weighted by Gasteiger charge is -2.17. The first-order valence-electron chi connectivity index (χ1n) is 5.72. The van der Waals surface area contributed by atoms with Crippen LogP contribution >= 0.6 is 12.4 Å². The molecule has 1 saturated heterocycles. The van der Waals surface area contributed by atoms with E-state index in [2.05, 4.69) is 0 Å². The van der Waals surface area contributed by atoms with Crippen LogP contribution in [0.1, 0.15) is 26.2 Å². The number of nitrogens with two attached hydrogens (primary N) is 1. The van der Waals surface area contributed by atoms with Crippen LogP contribution < -0.4 is 5.73 Å². The van der Waals surface area contributed by atoms with Crippen molar-refractivity contribution in [3.63, 3.8) is 0 Å². The highest BCUT2D eigenvalue weighted by atomic mass is 35.5. The van der Waals surface area contributed by atoms with E-state index in [1.807, 2.05) is 6.92 Å². The Hall–Kier alpha value is 0.160. The molecular weight excluding hydrogens is 248 g/mol. The van der Waals surface area contributed by atoms with Gasteiger partial charge in [0.25, 0.3) is 0 Å². The maximum absolute atomic E-state index is 11.9. The predicted molar refractivity (Wildman–Crippen MR) is 67.1 cm³/mol. The standard InChI is InChI=1S/C10H20N2O2S.ClH/c1-8(11)10-4-5-12(6-10)15(13,14)7-9-2-3-9;/h8-10H,2-7,11H2,1H3;1H. The first-order chi connectivity index (χ1) is 6.99. The Labute approximate surface area is 104 Å². The van der Waals surface area contributed by atoms with Gasteiger partial charge in [0.2, 0.25) is 10.0 Å². The lowest BCUT2D eigenvalue weighted by molar-refractivity contribution is 0.428. The molecule has 0 amide bonds. The number of sulfonamides is 1. The van der Waals surface area contributed by atoms with Gasteiger partial charge in [-0.05, 0) is 38.0 Å². The molecule has 2 fully saturated rings. The summed E-state index contributed by atoms with van der Waals surface area (Å²) in [5.41, 5.74) is 5.80. The van der Waals surface area contributed by atoms with Gasteiger partial charge in [0.15, 0.2) is 0 Å². The topological polar surface area (TPSA) is 63.4 Å². The smallest absolute Gasteiger partial charge is 0.214 e. The van der Waals surface area contributed by atoms with E-state index in [-0.39, 0.29) is 18.4 Å². The van der Waals surface area contributed by atoms with Gasteiger partial charge in [-0.15, -0.1) is 12.4 Å². The molecule has 0 aromatic rings. The van der Waals surface area contributed by atoms with E-state index in [4.69, 9.17) is 5.73 Å². The third-order valence-electron chi connectivity index (χ3n) is 3.47. The second-order valence-corrected chi connectivity index (χ2v) is 7.00. The molecular formula is C10H21ClN2O2S. The van der Waals surface area contributed by atoms with Crippen LogP contribution in [0.2, 0.25) is 0 Å². The second kappa shape index (κ2) is 5.21. The molecule has 0 aromatic carbocycles. The number of rotatable bonds is 4. The van der Waals surface area contributed by atoms with Crippen molar-refractivity contribution in [2.75, 3.05) is 18.8 Å². The summed E-state index contributed by atoms with van der Waals surface area (Å²) in [5, 5.41) is 0. The minimum Gasteiger partial charge on any atom is -0.328 e. The van der Waals surface area contributed by atoms with Crippen LogP contribution in [0.25, 0.3) is 0 Å². The highest BCUT2D eigenvalue weighted by Gasteiger charge is 2.36. The molecule has 0 spiro atoms. The summed E-state index contributed by atoms with van der Waals surface area (Å²) in [6.45, 7) is 3.26. The molecule has 6 heteroatoms. The maximum atomic E-state index is 11.9. The Morgan fingerprint density at radius 2 is 2.00 bits per heavy atom. The summed E-state index contributed by atoms with van der Waals surface area (Å²) in [7, 11) is -2.99. The first kappa shape index (κ1) is 14.2. The largest absolute Gasteiger partial charge is 0.328 e. The lowest BCUT2D eigenvalue weighted by Crippen LogP contribution is -2.34. The van der Waals surface area contributed by atoms with Gasteiger partial charge in [-0.2, -0.15) is 0 Å². The molecule has 1 saturated carbocycles. The van der Waals surface area contributed by atoms with Crippen molar-refractivity contribution in [1.29, 1.82) is 0 Å². The highest BCUT2D eigenvalue weighted by Crippen LogP contribution is 2.32. The van der Waals surface area contributed by atoms with Crippen LogP contribution in [0.4, 0.5) is 0 Å². The maximum Gasteiger partial charge on any atom is 0.214 e. The van der Waals surface area contributed by atoms with Crippen molar-refractivity contribution in [2.24, 2.45) is 17.6 Å². The summed E-state index contributed by atoms with van der Waals surface area (Å²) in [4.78, 5) is 0. The minimum absolute atomic E-state index is 0. The zero-order valence-electron chi connectivity index (χ0n) is 9.63. The lowest BCUT2D eigenvalue weighted by atomic mass is 10.0. The van der Waals surface area contributed by atoms with Gasteiger partial charge in [-0.25, -0.2) is 12.7 Å². The molecule has 2 N–H and O–H groups in total. The predicted octanol–water partition coefficient (Wildman–Crippen LogP) is 0.817. The summed E-state index contributed by atoms with van der Waals surface area (Å²) < 4.78 is 25.5. The van der Waals surface area contributed by atoms with Crippen LogP contribution in [-0.4, -0.2) is 37.6 Å². The van der Waals surface area contributed by atoms with Gasteiger partial charge < -0.3 is 5.73 Å². The molecule has 1 aliphatic carbocycles. The van der Waals surface area contributed by atoms with Gasteiger partial charge >= 0.3 is 0 Å². The fraction of sp³-hybridized carbons (Fsp3) is 1.00. The molecule has 1 heterocycles. The van der Waals surface area contributed by atoms with Crippen molar-refractivity contribution >= 4 is 22.4 Å². The molecule has 0 bridgehead atoms. The average Bonchev–Trinajstić information content (AvgIpc) is 2.80. The van der Waals surface area contributed by atoms with Crippen molar-refractivity contribution in [1.82, 2.24) is 4.31 Å². The van der Waals surface area contributed by atoms with Gasteiger partial charge in [0, 0.05) is 19.1 Å². The fourth-order valence-corrected chi connectivity index (χ4v) is 4.07. The first-order valence-corrected chi connectivity index (χ1v) is 7.33. The quantitative estimate of drug-likeness (QED) is 0.821. The minimum atomic E-state index is -2.99. The van der Waals surface area contributed by atoms with Gasteiger partial charge in [-0.1, -0.05) is 0 Å². The van der Waals surface area contributed by atoms with Crippen molar-refractivity contribution in [3.05, 3.63) is 0 Å². The summed E-state index contributed by atoms with van der Waals surface area (Å²) in [5.74, 6) is 1.14. The van der Waals surface area contributed by atoms with Crippen LogP contribution in [0.15, 0.2) is 0 Å². The molecule has 2 unspecified atom stereocenters. The van der Waals surface area contributed by atoms with Crippen LogP contribution in [-0.2, 0) is 10.0 Å². The average molecular weight is 269 g/mol. The Balaban J connectivity index is 0.00000128. The molecule has 2 atom stereocenters. The summed E-state index contributed by atoms with van der Waals surface area (Å²) in [6, 6.07) is 0.103. The van der Waals surface area contributed by atoms with Crippen molar-refractivity contribution in [2.45, 2.75) is 32.2 Å². The van der Waals surface area contributed by atoms with Crippen LogP contribution in [0.3, 0.4) is 0 Å². The van der Waals surface area contributed by atoms with E-state index in [1.165, 1.54) is 0 Å². The number of hydrogen-bond donors (Lipinski definition) is 1. The van der Waals surface area contributed by atoms with E-state index in [9.17, 15) is 8.42 Å². The Kier molecular flexibility index (Phi) is 4.63. The van der Waals surface area contributed by atoms with Crippen molar-refractivity contribution < 1.29 is 8.42 Å². The molecule has 0 radical (unpaired) electrons. The Morgan fingerprint density at radius 1 is 1.38 bits per heavy atom. The number of hydrogen-bond acceptors (Lipinski definition) is 3. The van der Waals surface area contributed by atoms with Crippen LogP contribution in [0, 0.1) is 11.8 Å². The fourth-order valence-electron chi connectivity index (χ4n) is 2.12. The molecule has 96 valence electrons. The molecule has 2 rings (SSSR count). The Morgan fingerprint density at radius 3 is 2.44 bits per heavy atom. The molecule has 1 aliphatic heterocycles. The van der Waals surface area contributed by atoms with E-state index in [1.54, 1.807) is 4.31 Å². The molecule has 2 aliphatic rings. The van der Waals surface area contributed by atoms with Crippen LogP contribution in [0.5, 0.6) is 0 Å². The zero-order chi connectivity index (χ0) is 11.1. The normalized spacial score (nSPS) is 28.8. The van der Waals surface area contributed by atoms with E-state index in [0.717, 1.165) is 19.3 Å². The van der Waals surface area contributed by atoms with Gasteiger partial charge in [0.1, 0.15) is 0 Å². The third kappa shape index (κ3) is 3.32.